The Kier molecular flexibility index (Phi) is 5.84. The molecule has 5 heteroatoms. The van der Waals surface area contributed by atoms with Crippen molar-refractivity contribution in [2.75, 3.05) is 0 Å². The van der Waals surface area contributed by atoms with E-state index in [0.29, 0.717) is 24.7 Å². The first-order chi connectivity index (χ1) is 14.9. The van der Waals surface area contributed by atoms with Crippen molar-refractivity contribution < 1.29 is 10.2 Å². The van der Waals surface area contributed by atoms with E-state index in [1.807, 2.05) is 20.8 Å². The molecule has 33 heavy (non-hydrogen) atoms. The highest BCUT2D eigenvalue weighted by Gasteiger charge is 2.75. The number of aliphatic hydroxyl groups is 2. The van der Waals surface area contributed by atoms with Crippen LogP contribution in [0.4, 0.5) is 0 Å². The maximum absolute atomic E-state index is 10.8. The van der Waals surface area contributed by atoms with Crippen molar-refractivity contribution >= 4 is 0 Å². The summed E-state index contributed by atoms with van der Waals surface area (Å²) in [4.78, 5) is 0. The molecule has 0 saturated heterocycles. The summed E-state index contributed by atoms with van der Waals surface area (Å²) >= 11 is 0. The van der Waals surface area contributed by atoms with Gasteiger partial charge in [0, 0.05) is 16.5 Å². The zero-order valence-corrected chi connectivity index (χ0v) is 22.1. The molecule has 8 atom stereocenters. The highest BCUT2D eigenvalue weighted by atomic mass is 16.3. The first-order valence-corrected chi connectivity index (χ1v) is 13.5. The van der Waals surface area contributed by atoms with Gasteiger partial charge >= 0.3 is 0 Å². The third-order valence-electron chi connectivity index (χ3n) is 11.6. The largest absolute Gasteiger partial charge is 0.390 e. The summed E-state index contributed by atoms with van der Waals surface area (Å²) in [5.41, 5.74) is 20.5. The van der Waals surface area contributed by atoms with Crippen LogP contribution in [0.25, 0.3) is 0 Å². The van der Waals surface area contributed by atoms with Gasteiger partial charge in [-0.15, -0.1) is 0 Å². The molecule has 0 aromatic carbocycles. The number of fused-ring (bicyclic) bond motifs is 5. The molecule has 0 bridgehead atoms. The second-order valence-corrected chi connectivity index (χ2v) is 14.1. The average molecular weight is 462 g/mol. The van der Waals surface area contributed by atoms with Crippen molar-refractivity contribution in [1.29, 1.82) is 0 Å². The summed E-state index contributed by atoms with van der Waals surface area (Å²) in [6, 6.07) is 0. The number of nitrogens with two attached hydrogens (primary N) is 3. The molecule has 0 amide bonds. The molecule has 0 radical (unpaired) electrons. The van der Waals surface area contributed by atoms with Crippen molar-refractivity contribution in [2.24, 2.45) is 39.9 Å². The van der Waals surface area contributed by atoms with Gasteiger partial charge in [0.2, 0.25) is 0 Å². The monoisotopic (exact) mass is 461 g/mol. The molecular weight excluding hydrogens is 410 g/mol. The van der Waals surface area contributed by atoms with Crippen molar-refractivity contribution in [3.05, 3.63) is 11.6 Å². The summed E-state index contributed by atoms with van der Waals surface area (Å²) in [7, 11) is 0. The molecule has 3 saturated carbocycles. The molecule has 0 aromatic rings. The minimum absolute atomic E-state index is 0.0410. The molecule has 4 aliphatic carbocycles. The zero-order chi connectivity index (χ0) is 24.7. The maximum Gasteiger partial charge on any atom is 0.0657 e. The molecule has 0 heterocycles. The predicted octanol–water partition coefficient (Wildman–Crippen LogP) is 4.14. The van der Waals surface area contributed by atoms with E-state index >= 15 is 0 Å². The molecule has 0 spiro atoms. The van der Waals surface area contributed by atoms with Gasteiger partial charge in [0.1, 0.15) is 0 Å². The molecular formula is C28H51N3O2. The first-order valence-electron chi connectivity index (χ1n) is 13.5. The fourth-order valence-electron chi connectivity index (χ4n) is 9.10. The van der Waals surface area contributed by atoms with Crippen LogP contribution >= 0.6 is 0 Å². The highest BCUT2D eigenvalue weighted by Crippen LogP contribution is 2.69. The van der Waals surface area contributed by atoms with Gasteiger partial charge in [0.05, 0.1) is 16.7 Å². The SMILES string of the molecule is C[C@H](CCCC(C)(C)O)[C@H]1CC[C@@]2(N)C3(N)CC=C4C[C@@](C)(O)CC[C@]4(C)[C@@]3(N)CC[C@]12C. The quantitative estimate of drug-likeness (QED) is 0.394. The summed E-state index contributed by atoms with van der Waals surface area (Å²) in [6.07, 6.45) is 12.2. The topological polar surface area (TPSA) is 119 Å². The van der Waals surface area contributed by atoms with Crippen molar-refractivity contribution in [1.82, 2.24) is 0 Å². The van der Waals surface area contributed by atoms with E-state index in [-0.39, 0.29) is 10.8 Å². The van der Waals surface area contributed by atoms with Crippen molar-refractivity contribution in [3.63, 3.8) is 0 Å². The Labute approximate surface area is 201 Å². The molecule has 1 unspecified atom stereocenters. The van der Waals surface area contributed by atoms with Crippen molar-refractivity contribution in [3.8, 4) is 0 Å². The Bertz CT molecular complexity index is 818. The fraction of sp³-hybridized carbons (Fsp3) is 0.929. The molecule has 4 rings (SSSR count). The second-order valence-electron chi connectivity index (χ2n) is 14.1. The van der Waals surface area contributed by atoms with Crippen LogP contribution in [0.15, 0.2) is 11.6 Å². The highest BCUT2D eigenvalue weighted by molar-refractivity contribution is 5.43. The Morgan fingerprint density at radius 3 is 2.30 bits per heavy atom. The summed E-state index contributed by atoms with van der Waals surface area (Å²) in [5, 5.41) is 20.9. The second kappa shape index (κ2) is 7.52. The number of rotatable bonds is 5. The van der Waals surface area contributed by atoms with Gasteiger partial charge in [0.15, 0.2) is 0 Å². The van der Waals surface area contributed by atoms with Gasteiger partial charge in [-0.1, -0.05) is 45.3 Å². The van der Waals surface area contributed by atoms with Crippen LogP contribution in [0.3, 0.4) is 0 Å². The molecule has 190 valence electrons. The van der Waals surface area contributed by atoms with Crippen LogP contribution in [-0.2, 0) is 0 Å². The van der Waals surface area contributed by atoms with Crippen LogP contribution in [-0.4, -0.2) is 38.0 Å². The minimum atomic E-state index is -0.657. The van der Waals surface area contributed by atoms with Crippen LogP contribution in [0.5, 0.6) is 0 Å². The van der Waals surface area contributed by atoms with E-state index in [0.717, 1.165) is 57.8 Å². The lowest BCUT2D eigenvalue weighted by Crippen LogP contribution is -2.89. The van der Waals surface area contributed by atoms with Gasteiger partial charge in [-0.05, 0) is 95.8 Å². The Hall–Kier alpha value is -0.460. The standard InChI is InChI=1S/C28H51N3O2/c1-19(8-7-11-22(2,3)32)21-10-13-26(29)25(21,6)16-17-27(30)24(5)15-14-23(4,33)18-20(24)9-12-28(26,27)31/h9,19,21,32-33H,7-8,10-18,29-31H2,1-6H3/t19-,21-,23+,24+,25-,26+,27+,28?/m1/s1. The molecule has 8 N–H and O–H groups in total. The van der Waals surface area contributed by atoms with Gasteiger partial charge in [-0.2, -0.15) is 0 Å². The van der Waals surface area contributed by atoms with Crippen molar-refractivity contribution in [2.45, 2.75) is 140 Å². The van der Waals surface area contributed by atoms with Gasteiger partial charge in [-0.25, -0.2) is 0 Å². The maximum atomic E-state index is 10.8. The molecule has 3 fully saturated rings. The van der Waals surface area contributed by atoms with E-state index in [2.05, 4.69) is 26.8 Å². The Morgan fingerprint density at radius 2 is 1.67 bits per heavy atom. The third-order valence-corrected chi connectivity index (χ3v) is 11.6. The summed E-state index contributed by atoms with van der Waals surface area (Å²) in [5.74, 6) is 1.08. The molecule has 0 aromatic heterocycles. The number of hydrogen-bond acceptors (Lipinski definition) is 5. The molecule has 5 nitrogen and oxygen atoms in total. The Balaban J connectivity index is 1.65. The minimum Gasteiger partial charge on any atom is -0.390 e. The van der Waals surface area contributed by atoms with Crippen LogP contribution in [0, 0.1) is 22.7 Å². The lowest BCUT2D eigenvalue weighted by atomic mass is 9.38. The van der Waals surface area contributed by atoms with E-state index in [4.69, 9.17) is 17.2 Å². The Morgan fingerprint density at radius 1 is 1.00 bits per heavy atom. The molecule has 4 aliphatic rings. The first kappa shape index (κ1) is 25.6. The third kappa shape index (κ3) is 3.43. The average Bonchev–Trinajstić information content (AvgIpc) is 2.97. The lowest BCUT2D eigenvalue weighted by molar-refractivity contribution is -0.113. The van der Waals surface area contributed by atoms with E-state index in [9.17, 15) is 10.2 Å². The zero-order valence-electron chi connectivity index (χ0n) is 22.1. The predicted molar refractivity (Wildman–Crippen MR) is 135 cm³/mol. The van der Waals surface area contributed by atoms with Crippen LogP contribution in [0.1, 0.15) is 112 Å². The van der Waals surface area contributed by atoms with Gasteiger partial charge in [0.25, 0.3) is 0 Å². The lowest BCUT2D eigenvalue weighted by Gasteiger charge is -2.72. The smallest absolute Gasteiger partial charge is 0.0657 e. The van der Waals surface area contributed by atoms with E-state index < -0.39 is 27.8 Å². The summed E-state index contributed by atoms with van der Waals surface area (Å²) < 4.78 is 0. The normalized spacial score (nSPS) is 50.8. The fourth-order valence-corrected chi connectivity index (χ4v) is 9.10. The van der Waals surface area contributed by atoms with E-state index in [1.165, 1.54) is 5.57 Å². The van der Waals surface area contributed by atoms with Gasteiger partial charge < -0.3 is 27.4 Å². The van der Waals surface area contributed by atoms with E-state index in [1.54, 1.807) is 0 Å². The van der Waals surface area contributed by atoms with Crippen LogP contribution in [0.2, 0.25) is 0 Å². The van der Waals surface area contributed by atoms with Gasteiger partial charge in [-0.3, -0.25) is 0 Å². The summed E-state index contributed by atoms with van der Waals surface area (Å²) in [6.45, 7) is 12.8. The van der Waals surface area contributed by atoms with Crippen LogP contribution < -0.4 is 17.2 Å². The molecule has 0 aliphatic heterocycles. The number of hydrogen-bond donors (Lipinski definition) is 5.